The Morgan fingerprint density at radius 1 is 0.590 bits per heavy atom. The maximum absolute atomic E-state index is 6.58. The Morgan fingerprint density at radius 2 is 1.31 bits per heavy atom. The van der Waals surface area contributed by atoms with Gasteiger partial charge in [-0.3, -0.25) is 4.57 Å². The van der Waals surface area contributed by atoms with Crippen molar-refractivity contribution in [2.24, 2.45) is 0 Å². The van der Waals surface area contributed by atoms with Crippen LogP contribution in [-0.2, 0) is 0 Å². The molecule has 0 N–H and O–H groups in total. The van der Waals surface area contributed by atoms with Gasteiger partial charge in [-0.05, 0) is 24.3 Å². The molecule has 9 rings (SSSR count). The maximum atomic E-state index is 6.58. The summed E-state index contributed by atoms with van der Waals surface area (Å²) >= 11 is 1.74. The number of rotatable bonds is 2. The first-order valence-electron chi connectivity index (χ1n) is 12.9. The molecule has 0 aliphatic heterocycles. The fourth-order valence-corrected chi connectivity index (χ4v) is 7.02. The molecule has 0 fully saturated rings. The minimum Gasteiger partial charge on any atom is -0.454 e. The summed E-state index contributed by atoms with van der Waals surface area (Å²) < 4.78 is 11.1. The lowest BCUT2D eigenvalue weighted by molar-refractivity contribution is 0.671. The maximum Gasteiger partial charge on any atom is 0.162 e. The fraction of sp³-hybridized carbons (Fsp3) is 0. The number of hydrogen-bond donors (Lipinski definition) is 0. The number of thiophene rings is 1. The van der Waals surface area contributed by atoms with E-state index in [1.54, 1.807) is 11.3 Å². The van der Waals surface area contributed by atoms with Crippen LogP contribution in [0, 0.1) is 0 Å². The lowest BCUT2D eigenvalue weighted by Crippen LogP contribution is -2.01. The van der Waals surface area contributed by atoms with Crippen LogP contribution in [0.4, 0.5) is 0 Å². The summed E-state index contributed by atoms with van der Waals surface area (Å²) in [5.41, 5.74) is 5.85. The van der Waals surface area contributed by atoms with Crippen molar-refractivity contribution in [3.63, 3.8) is 0 Å². The minimum absolute atomic E-state index is 0.712. The smallest absolute Gasteiger partial charge is 0.162 e. The molecule has 0 atom stereocenters. The van der Waals surface area contributed by atoms with Crippen LogP contribution < -0.4 is 0 Å². The van der Waals surface area contributed by atoms with Gasteiger partial charge in [0.25, 0.3) is 0 Å². The van der Waals surface area contributed by atoms with Gasteiger partial charge in [0.2, 0.25) is 0 Å². The SMILES string of the molecule is c1ccc(-c2nc(-n3c4ccccc4c4ccc5c6ccccc6oc5c43)c3sc4ccccc4c3n2)cc1. The predicted molar refractivity (Wildman–Crippen MR) is 162 cm³/mol. The first-order chi connectivity index (χ1) is 19.3. The van der Waals surface area contributed by atoms with Crippen molar-refractivity contribution >= 4 is 75.4 Å². The highest BCUT2D eigenvalue weighted by Gasteiger charge is 2.23. The van der Waals surface area contributed by atoms with Crippen molar-refractivity contribution in [1.29, 1.82) is 0 Å². The van der Waals surface area contributed by atoms with Crippen molar-refractivity contribution < 1.29 is 4.42 Å². The van der Waals surface area contributed by atoms with E-state index in [0.29, 0.717) is 5.82 Å². The van der Waals surface area contributed by atoms with E-state index in [2.05, 4.69) is 89.5 Å². The van der Waals surface area contributed by atoms with E-state index < -0.39 is 0 Å². The van der Waals surface area contributed by atoms with Crippen LogP contribution >= 0.6 is 11.3 Å². The summed E-state index contributed by atoms with van der Waals surface area (Å²) in [5, 5.41) is 5.68. The predicted octanol–water partition coefficient (Wildman–Crippen LogP) is 9.51. The van der Waals surface area contributed by atoms with E-state index in [-0.39, 0.29) is 0 Å². The third-order valence-corrected chi connectivity index (χ3v) is 8.78. The summed E-state index contributed by atoms with van der Waals surface area (Å²) in [6.07, 6.45) is 0. The Morgan fingerprint density at radius 3 is 2.21 bits per heavy atom. The van der Waals surface area contributed by atoms with Crippen LogP contribution in [0.3, 0.4) is 0 Å². The Labute approximate surface area is 226 Å². The molecule has 39 heavy (non-hydrogen) atoms. The molecule has 4 heterocycles. The van der Waals surface area contributed by atoms with E-state index in [1.165, 1.54) is 10.1 Å². The third-order valence-electron chi connectivity index (χ3n) is 7.63. The quantitative estimate of drug-likeness (QED) is 0.229. The number of hydrogen-bond acceptors (Lipinski definition) is 4. The van der Waals surface area contributed by atoms with Gasteiger partial charge in [-0.2, -0.15) is 0 Å². The zero-order valence-corrected chi connectivity index (χ0v) is 21.4. The summed E-state index contributed by atoms with van der Waals surface area (Å²) in [6, 6.07) is 39.9. The van der Waals surface area contributed by atoms with Crippen molar-refractivity contribution in [1.82, 2.24) is 14.5 Å². The average molecular weight is 518 g/mol. The summed E-state index contributed by atoms with van der Waals surface area (Å²) in [6.45, 7) is 0. The lowest BCUT2D eigenvalue weighted by atomic mass is 10.1. The van der Waals surface area contributed by atoms with Crippen LogP contribution in [0.2, 0.25) is 0 Å². The number of benzene rings is 5. The normalized spacial score (nSPS) is 12.1. The molecule has 4 nitrogen and oxygen atoms in total. The molecule has 0 amide bonds. The second kappa shape index (κ2) is 7.76. The van der Waals surface area contributed by atoms with Gasteiger partial charge in [-0.25, -0.2) is 9.97 Å². The largest absolute Gasteiger partial charge is 0.454 e. The highest BCUT2D eigenvalue weighted by molar-refractivity contribution is 7.26. The summed E-state index contributed by atoms with van der Waals surface area (Å²) in [7, 11) is 0. The molecule has 4 aromatic heterocycles. The molecule has 0 aliphatic rings. The lowest BCUT2D eigenvalue weighted by Gasteiger charge is -2.11. The molecule has 0 unspecified atom stereocenters. The number of aromatic nitrogens is 3. The van der Waals surface area contributed by atoms with Crippen LogP contribution in [0.25, 0.3) is 81.3 Å². The highest BCUT2D eigenvalue weighted by atomic mass is 32.1. The molecule has 0 bridgehead atoms. The molecule has 0 spiro atoms. The fourth-order valence-electron chi connectivity index (χ4n) is 5.90. The minimum atomic E-state index is 0.712. The van der Waals surface area contributed by atoms with E-state index in [4.69, 9.17) is 14.4 Å². The molecule has 9 aromatic rings. The Hall–Kier alpha value is -5.00. The van der Waals surface area contributed by atoms with Gasteiger partial charge in [0.15, 0.2) is 17.2 Å². The Kier molecular flexibility index (Phi) is 4.18. The zero-order valence-electron chi connectivity index (χ0n) is 20.6. The number of para-hydroxylation sites is 2. The zero-order chi connectivity index (χ0) is 25.5. The molecule has 0 saturated carbocycles. The van der Waals surface area contributed by atoms with Crippen LogP contribution in [0.1, 0.15) is 0 Å². The topological polar surface area (TPSA) is 43.9 Å². The molecular weight excluding hydrogens is 498 g/mol. The van der Waals surface area contributed by atoms with Crippen LogP contribution in [0.5, 0.6) is 0 Å². The van der Waals surface area contributed by atoms with Gasteiger partial charge < -0.3 is 4.42 Å². The van der Waals surface area contributed by atoms with Gasteiger partial charge in [-0.15, -0.1) is 11.3 Å². The van der Waals surface area contributed by atoms with Crippen molar-refractivity contribution in [2.75, 3.05) is 0 Å². The number of fused-ring (bicyclic) bond motifs is 10. The van der Waals surface area contributed by atoms with Gasteiger partial charge in [0, 0.05) is 37.2 Å². The van der Waals surface area contributed by atoms with E-state index in [0.717, 1.165) is 65.3 Å². The molecule has 5 heteroatoms. The number of furan rings is 1. The van der Waals surface area contributed by atoms with Gasteiger partial charge in [0.05, 0.1) is 21.3 Å². The molecule has 5 aromatic carbocycles. The van der Waals surface area contributed by atoms with E-state index >= 15 is 0 Å². The standard InChI is InChI=1S/C34H19N3OS/c1-2-10-20(11-3-1)33-35-29-25-14-6-9-17-28(25)39-32(29)34(36-33)37-26-15-7-4-12-21(26)23-18-19-24-22-13-5-8-16-27(22)38-31(24)30(23)37/h1-19H. The van der Waals surface area contributed by atoms with E-state index in [1.807, 2.05) is 30.3 Å². The van der Waals surface area contributed by atoms with Crippen LogP contribution in [-0.4, -0.2) is 14.5 Å². The second-order valence-corrected chi connectivity index (χ2v) is 10.9. The second-order valence-electron chi connectivity index (χ2n) is 9.80. The average Bonchev–Trinajstić information content (AvgIpc) is 3.67. The van der Waals surface area contributed by atoms with Gasteiger partial charge in [-0.1, -0.05) is 91.0 Å². The molecule has 182 valence electrons. The summed E-state index contributed by atoms with van der Waals surface area (Å²) in [4.78, 5) is 10.4. The summed E-state index contributed by atoms with van der Waals surface area (Å²) in [5.74, 6) is 1.59. The molecule has 0 saturated heterocycles. The number of nitrogens with zero attached hydrogens (tertiary/aromatic N) is 3. The van der Waals surface area contributed by atoms with Crippen LogP contribution in [0.15, 0.2) is 120 Å². The Balaban J connectivity index is 1.52. The molecular formula is C34H19N3OS. The van der Waals surface area contributed by atoms with Crippen molar-refractivity contribution in [2.45, 2.75) is 0 Å². The Bertz CT molecular complexity index is 2400. The van der Waals surface area contributed by atoms with Crippen molar-refractivity contribution in [3.8, 4) is 17.2 Å². The first kappa shape index (κ1) is 21.0. The third kappa shape index (κ3) is 2.88. The van der Waals surface area contributed by atoms with Gasteiger partial charge >= 0.3 is 0 Å². The van der Waals surface area contributed by atoms with E-state index in [9.17, 15) is 0 Å². The monoisotopic (exact) mass is 517 g/mol. The van der Waals surface area contributed by atoms with Crippen molar-refractivity contribution in [3.05, 3.63) is 115 Å². The highest BCUT2D eigenvalue weighted by Crippen LogP contribution is 2.43. The first-order valence-corrected chi connectivity index (χ1v) is 13.8. The molecule has 0 aliphatic carbocycles. The molecule has 0 radical (unpaired) electrons. The van der Waals surface area contributed by atoms with Gasteiger partial charge in [0.1, 0.15) is 5.58 Å².